The van der Waals surface area contributed by atoms with Gasteiger partial charge in [0.25, 0.3) is 0 Å². The first kappa shape index (κ1) is 23.5. The number of hydrogen-bond donors (Lipinski definition) is 4. The van der Waals surface area contributed by atoms with Crippen LogP contribution in [0.5, 0.6) is 0 Å². The largest absolute Gasteiger partial charge is 0.472 e. The van der Waals surface area contributed by atoms with Crippen molar-refractivity contribution in [2.75, 3.05) is 5.32 Å². The van der Waals surface area contributed by atoms with E-state index in [1.165, 1.54) is 6.42 Å². The van der Waals surface area contributed by atoms with Crippen LogP contribution in [0.25, 0.3) is 56.0 Å². The summed E-state index contributed by atoms with van der Waals surface area (Å²) in [5.41, 5.74) is 4.79. The third kappa shape index (κ3) is 4.20. The summed E-state index contributed by atoms with van der Waals surface area (Å²) in [5, 5.41) is 21.3. The Morgan fingerprint density at radius 1 is 1.00 bits per heavy atom. The third-order valence-electron chi connectivity index (χ3n) is 7.39. The molecule has 1 atom stereocenters. The van der Waals surface area contributed by atoms with Gasteiger partial charge in [0.15, 0.2) is 11.6 Å². The number of aliphatic hydroxyl groups excluding tert-OH is 1. The van der Waals surface area contributed by atoms with Gasteiger partial charge in [0.1, 0.15) is 28.8 Å². The number of nitrogens with zero attached hydrogens (tertiary/aromatic N) is 5. The van der Waals surface area contributed by atoms with Crippen LogP contribution in [-0.2, 0) is 0 Å². The monoisotopic (exact) mass is 524 g/mol. The molecule has 39 heavy (non-hydrogen) atoms. The number of halogens is 1. The molecule has 1 fully saturated rings. The molecule has 11 heteroatoms. The normalized spacial score (nSPS) is 15.2. The van der Waals surface area contributed by atoms with E-state index in [4.69, 9.17) is 9.40 Å². The van der Waals surface area contributed by atoms with Crippen LogP contribution in [0.3, 0.4) is 0 Å². The number of aromatic nitrogens is 7. The quantitative estimate of drug-likeness (QED) is 0.204. The molecule has 7 rings (SSSR count). The van der Waals surface area contributed by atoms with Gasteiger partial charge in [-0.2, -0.15) is 5.10 Å². The topological polar surface area (TPSA) is 141 Å². The van der Waals surface area contributed by atoms with E-state index < -0.39 is 12.0 Å². The minimum Gasteiger partial charge on any atom is -0.472 e. The van der Waals surface area contributed by atoms with E-state index in [1.807, 2.05) is 6.07 Å². The first-order valence-electron chi connectivity index (χ1n) is 13.0. The smallest absolute Gasteiger partial charge is 0.161 e. The molecule has 0 radical (unpaired) electrons. The molecule has 0 saturated heterocycles. The molecule has 1 unspecified atom stereocenters. The van der Waals surface area contributed by atoms with Gasteiger partial charge >= 0.3 is 0 Å². The van der Waals surface area contributed by atoms with Gasteiger partial charge in [-0.3, -0.25) is 20.1 Å². The van der Waals surface area contributed by atoms with E-state index in [0.29, 0.717) is 39.5 Å². The Labute approximate surface area is 221 Å². The average molecular weight is 525 g/mol. The van der Waals surface area contributed by atoms with Crippen LogP contribution in [0.15, 0.2) is 59.9 Å². The van der Waals surface area contributed by atoms with Crippen LogP contribution < -0.4 is 5.32 Å². The molecule has 0 bridgehead atoms. The number of nitrogens with one attached hydrogen (secondary N) is 3. The van der Waals surface area contributed by atoms with Crippen LogP contribution in [0.2, 0.25) is 0 Å². The van der Waals surface area contributed by atoms with Crippen molar-refractivity contribution in [1.82, 2.24) is 35.1 Å². The fourth-order valence-corrected chi connectivity index (χ4v) is 5.39. The molecule has 6 aromatic rings. The predicted molar refractivity (Wildman–Crippen MR) is 144 cm³/mol. The van der Waals surface area contributed by atoms with Crippen molar-refractivity contribution in [3.63, 3.8) is 0 Å². The number of aromatic amines is 2. The van der Waals surface area contributed by atoms with Gasteiger partial charge in [-0.05, 0) is 31.0 Å². The van der Waals surface area contributed by atoms with Crippen LogP contribution in [-0.4, -0.2) is 46.5 Å². The van der Waals surface area contributed by atoms with Crippen LogP contribution in [0.1, 0.15) is 32.1 Å². The Hall–Kier alpha value is -4.64. The lowest BCUT2D eigenvalue weighted by atomic mass is 9.88. The first-order valence-corrected chi connectivity index (χ1v) is 13.0. The Morgan fingerprint density at radius 2 is 1.90 bits per heavy atom. The second kappa shape index (κ2) is 9.59. The maximum absolute atomic E-state index is 16.1. The standard InChI is InChI=1S/C28H25FN8O2/c29-22-21-20(13-32-23(22)17-10-18(12-30-11-17)33-28(38)15-4-2-1-3-5-15)36-37-26(21)27-34-19-6-8-31-24(25(19)35-27)16-7-9-39-14-16/h6-15,28,33,38H,1-5H2,(H,34,35)(H,36,37). The molecule has 0 amide bonds. The van der Waals surface area contributed by atoms with Crippen LogP contribution in [0, 0.1) is 11.7 Å². The maximum Gasteiger partial charge on any atom is 0.161 e. The van der Waals surface area contributed by atoms with Crippen molar-refractivity contribution in [3.8, 4) is 34.0 Å². The summed E-state index contributed by atoms with van der Waals surface area (Å²) in [6.07, 6.45) is 14.3. The summed E-state index contributed by atoms with van der Waals surface area (Å²) in [4.78, 5) is 21.0. The molecule has 1 aliphatic rings. The lowest BCUT2D eigenvalue weighted by Crippen LogP contribution is -2.30. The van der Waals surface area contributed by atoms with Crippen LogP contribution >= 0.6 is 0 Å². The fourth-order valence-electron chi connectivity index (χ4n) is 5.39. The van der Waals surface area contributed by atoms with E-state index >= 15 is 4.39 Å². The number of anilines is 1. The van der Waals surface area contributed by atoms with Gasteiger partial charge in [0.2, 0.25) is 0 Å². The summed E-state index contributed by atoms with van der Waals surface area (Å²) in [5.74, 6) is 0.0426. The molecule has 1 aliphatic carbocycles. The molecule has 6 heterocycles. The van der Waals surface area contributed by atoms with E-state index in [0.717, 1.165) is 36.8 Å². The molecule has 10 nitrogen and oxygen atoms in total. The zero-order valence-electron chi connectivity index (χ0n) is 20.9. The van der Waals surface area contributed by atoms with Gasteiger partial charge in [0, 0.05) is 29.4 Å². The first-order chi connectivity index (χ1) is 19.2. The molecule has 4 N–H and O–H groups in total. The highest BCUT2D eigenvalue weighted by Gasteiger charge is 2.24. The molecular weight excluding hydrogens is 499 g/mol. The fraction of sp³-hybridized carbons (Fsp3) is 0.250. The zero-order chi connectivity index (χ0) is 26.3. The van der Waals surface area contributed by atoms with Crippen molar-refractivity contribution < 1.29 is 13.9 Å². The Morgan fingerprint density at radius 3 is 2.74 bits per heavy atom. The average Bonchev–Trinajstić information content (AvgIpc) is 3.73. The minimum atomic E-state index is -0.683. The van der Waals surface area contributed by atoms with Crippen molar-refractivity contribution in [2.24, 2.45) is 5.92 Å². The highest BCUT2D eigenvalue weighted by atomic mass is 19.1. The zero-order valence-corrected chi connectivity index (χ0v) is 20.9. The van der Waals surface area contributed by atoms with Crippen molar-refractivity contribution in [3.05, 3.63) is 61.3 Å². The Bertz CT molecular complexity index is 1770. The van der Waals surface area contributed by atoms with Gasteiger partial charge in [-0.1, -0.05) is 19.3 Å². The van der Waals surface area contributed by atoms with Gasteiger partial charge in [-0.25, -0.2) is 9.37 Å². The second-order valence-corrected chi connectivity index (χ2v) is 9.88. The number of pyridine rings is 3. The van der Waals surface area contributed by atoms with Crippen molar-refractivity contribution in [2.45, 2.75) is 38.3 Å². The summed E-state index contributed by atoms with van der Waals surface area (Å²) < 4.78 is 21.3. The van der Waals surface area contributed by atoms with E-state index in [9.17, 15) is 5.11 Å². The lowest BCUT2D eigenvalue weighted by Gasteiger charge is -2.27. The van der Waals surface area contributed by atoms with Crippen molar-refractivity contribution >= 4 is 27.6 Å². The number of fused-ring (bicyclic) bond motifs is 2. The Balaban J connectivity index is 1.26. The number of furan rings is 1. The summed E-state index contributed by atoms with van der Waals surface area (Å²) in [6.45, 7) is 0. The van der Waals surface area contributed by atoms with Crippen LogP contribution in [0.4, 0.5) is 10.1 Å². The third-order valence-corrected chi connectivity index (χ3v) is 7.39. The number of rotatable bonds is 6. The van der Waals surface area contributed by atoms with E-state index in [2.05, 4.69) is 35.5 Å². The number of hydrogen-bond acceptors (Lipinski definition) is 8. The molecule has 6 aromatic heterocycles. The Kier molecular flexibility index (Phi) is 5.77. The summed E-state index contributed by atoms with van der Waals surface area (Å²) >= 11 is 0. The molecule has 1 saturated carbocycles. The van der Waals surface area contributed by atoms with Gasteiger partial charge in [-0.15, -0.1) is 0 Å². The summed E-state index contributed by atoms with van der Waals surface area (Å²) in [7, 11) is 0. The minimum absolute atomic E-state index is 0.130. The molecular formula is C28H25FN8O2. The highest BCUT2D eigenvalue weighted by Crippen LogP contribution is 2.34. The molecule has 0 aliphatic heterocycles. The SMILES string of the molecule is OC(Nc1cncc(-c2ncc3[nH]nc(-c4nc5c(-c6ccoc6)nccc5[nH]4)c3c2F)c1)C1CCCCC1. The number of imidazole rings is 1. The van der Waals surface area contributed by atoms with E-state index in [1.54, 1.807) is 49.4 Å². The number of aliphatic hydroxyl groups is 1. The second-order valence-electron chi connectivity index (χ2n) is 9.88. The molecule has 0 aromatic carbocycles. The number of H-pyrrole nitrogens is 2. The maximum atomic E-state index is 16.1. The van der Waals surface area contributed by atoms with Gasteiger partial charge in [0.05, 0.1) is 47.0 Å². The molecule has 0 spiro atoms. The predicted octanol–water partition coefficient (Wildman–Crippen LogP) is 5.67. The van der Waals surface area contributed by atoms with Crippen molar-refractivity contribution in [1.29, 1.82) is 0 Å². The highest BCUT2D eigenvalue weighted by molar-refractivity contribution is 5.97. The molecule has 196 valence electrons. The van der Waals surface area contributed by atoms with Gasteiger partial charge < -0.3 is 19.8 Å². The lowest BCUT2D eigenvalue weighted by molar-refractivity contribution is 0.109. The van der Waals surface area contributed by atoms with E-state index in [-0.39, 0.29) is 17.0 Å². The summed E-state index contributed by atoms with van der Waals surface area (Å²) in [6, 6.07) is 5.36.